The van der Waals surface area contributed by atoms with Crippen LogP contribution < -0.4 is 5.32 Å². The number of aromatic nitrogens is 2. The average Bonchev–Trinajstić information content (AvgIpc) is 2.92. The molecule has 0 saturated heterocycles. The molecule has 0 atom stereocenters. The van der Waals surface area contributed by atoms with Crippen LogP contribution in [0.1, 0.15) is 11.3 Å². The molecule has 0 aliphatic heterocycles. The Kier molecular flexibility index (Phi) is 3.02. The molecule has 0 radical (unpaired) electrons. The second-order valence-corrected chi connectivity index (χ2v) is 4.07. The second-order valence-electron chi connectivity index (χ2n) is 4.07. The first kappa shape index (κ1) is 10.9. The van der Waals surface area contributed by atoms with Crippen molar-refractivity contribution in [2.75, 3.05) is 0 Å². The first-order valence-corrected chi connectivity index (χ1v) is 5.86. The predicted octanol–water partition coefficient (Wildman–Crippen LogP) is 2.51. The van der Waals surface area contributed by atoms with Crippen molar-refractivity contribution in [3.63, 3.8) is 0 Å². The van der Waals surface area contributed by atoms with Gasteiger partial charge in [-0.25, -0.2) is 0 Å². The Labute approximate surface area is 105 Å². The Morgan fingerprint density at radius 3 is 2.83 bits per heavy atom. The summed E-state index contributed by atoms with van der Waals surface area (Å²) in [4.78, 5) is 4.34. The summed E-state index contributed by atoms with van der Waals surface area (Å²) in [6.07, 6.45) is 3.49. The molecule has 4 nitrogen and oxygen atoms in total. The van der Waals surface area contributed by atoms with E-state index in [1.165, 1.54) is 10.9 Å². The lowest BCUT2D eigenvalue weighted by atomic mass is 10.1. The van der Waals surface area contributed by atoms with Gasteiger partial charge in [-0.1, -0.05) is 23.4 Å². The van der Waals surface area contributed by atoms with Crippen LogP contribution in [0.15, 0.2) is 53.3 Å². The maximum atomic E-state index is 5.03. The fourth-order valence-corrected chi connectivity index (χ4v) is 1.96. The van der Waals surface area contributed by atoms with Gasteiger partial charge in [0.15, 0.2) is 0 Å². The van der Waals surface area contributed by atoms with Gasteiger partial charge in [0, 0.05) is 24.2 Å². The van der Waals surface area contributed by atoms with Crippen molar-refractivity contribution in [3.05, 3.63) is 60.1 Å². The van der Waals surface area contributed by atoms with E-state index in [0.29, 0.717) is 6.54 Å². The Morgan fingerprint density at radius 2 is 1.94 bits per heavy atom. The summed E-state index contributed by atoms with van der Waals surface area (Å²) >= 11 is 0. The molecule has 3 rings (SSSR count). The number of nitrogens with zero attached hydrogens (tertiary/aromatic N) is 2. The number of pyridine rings is 1. The van der Waals surface area contributed by atoms with Crippen molar-refractivity contribution < 1.29 is 4.52 Å². The molecular weight excluding hydrogens is 226 g/mol. The van der Waals surface area contributed by atoms with Gasteiger partial charge in [0.2, 0.25) is 0 Å². The zero-order valence-corrected chi connectivity index (χ0v) is 9.84. The van der Waals surface area contributed by atoms with Gasteiger partial charge in [0.25, 0.3) is 0 Å². The van der Waals surface area contributed by atoms with Gasteiger partial charge in [-0.2, -0.15) is 0 Å². The molecule has 0 spiro atoms. The smallest absolute Gasteiger partial charge is 0.150 e. The number of rotatable bonds is 4. The van der Waals surface area contributed by atoms with Gasteiger partial charge in [-0.15, -0.1) is 0 Å². The van der Waals surface area contributed by atoms with Gasteiger partial charge in [-0.05, 0) is 17.7 Å². The zero-order valence-electron chi connectivity index (χ0n) is 9.84. The minimum absolute atomic E-state index is 0.677. The van der Waals surface area contributed by atoms with Gasteiger partial charge < -0.3 is 9.84 Å². The molecule has 0 unspecified atom stereocenters. The van der Waals surface area contributed by atoms with E-state index in [-0.39, 0.29) is 0 Å². The third-order valence-corrected chi connectivity index (χ3v) is 2.85. The molecule has 4 heteroatoms. The van der Waals surface area contributed by atoms with Crippen LogP contribution in [-0.4, -0.2) is 10.1 Å². The number of para-hydroxylation sites is 1. The summed E-state index contributed by atoms with van der Waals surface area (Å²) in [7, 11) is 0. The number of fused-ring (bicyclic) bond motifs is 1. The summed E-state index contributed by atoms with van der Waals surface area (Å²) < 4.78 is 5.03. The Bertz CT molecular complexity index is 629. The van der Waals surface area contributed by atoms with Crippen molar-refractivity contribution in [1.82, 2.24) is 15.5 Å². The van der Waals surface area contributed by atoms with Crippen LogP contribution in [0.5, 0.6) is 0 Å². The minimum Gasteiger partial charge on any atom is -0.360 e. The molecular formula is C14H13N3O. The first-order chi connectivity index (χ1) is 8.93. The summed E-state index contributed by atoms with van der Waals surface area (Å²) in [5.41, 5.74) is 2.26. The van der Waals surface area contributed by atoms with Crippen molar-refractivity contribution in [2.24, 2.45) is 0 Å². The normalized spacial score (nSPS) is 10.9. The van der Waals surface area contributed by atoms with Gasteiger partial charge in [-0.3, -0.25) is 4.98 Å². The number of nitrogens with one attached hydrogen (secondary N) is 1. The Morgan fingerprint density at radius 1 is 1.00 bits per heavy atom. The van der Waals surface area contributed by atoms with E-state index in [1.807, 2.05) is 36.5 Å². The summed E-state index contributed by atoms with van der Waals surface area (Å²) in [6, 6.07) is 12.0. The lowest BCUT2D eigenvalue weighted by Gasteiger charge is -2.06. The molecule has 0 aliphatic rings. The number of hydrogen-bond acceptors (Lipinski definition) is 4. The zero-order chi connectivity index (χ0) is 12.2. The number of hydrogen-bond donors (Lipinski definition) is 1. The molecule has 0 saturated carbocycles. The van der Waals surface area contributed by atoms with E-state index in [9.17, 15) is 0 Å². The molecule has 2 aromatic heterocycles. The maximum absolute atomic E-state index is 5.03. The molecule has 3 aromatic rings. The molecule has 90 valence electrons. The third kappa shape index (κ3) is 2.24. The molecule has 0 fully saturated rings. The van der Waals surface area contributed by atoms with Crippen molar-refractivity contribution >= 4 is 10.9 Å². The Hall–Kier alpha value is -2.20. The minimum atomic E-state index is 0.677. The molecule has 0 amide bonds. The lowest BCUT2D eigenvalue weighted by Crippen LogP contribution is -2.12. The SMILES string of the molecule is c1ccc2c(CNCc3ccno3)ccnc2c1. The number of benzene rings is 1. The van der Waals surface area contributed by atoms with E-state index in [1.54, 1.807) is 6.20 Å². The fourth-order valence-electron chi connectivity index (χ4n) is 1.96. The van der Waals surface area contributed by atoms with Crippen molar-refractivity contribution in [1.29, 1.82) is 0 Å². The van der Waals surface area contributed by atoms with Crippen molar-refractivity contribution in [2.45, 2.75) is 13.1 Å². The van der Waals surface area contributed by atoms with Crippen LogP contribution >= 0.6 is 0 Å². The van der Waals surface area contributed by atoms with Crippen molar-refractivity contribution in [3.8, 4) is 0 Å². The van der Waals surface area contributed by atoms with Crippen LogP contribution in [-0.2, 0) is 13.1 Å². The highest BCUT2D eigenvalue weighted by Crippen LogP contribution is 2.15. The van der Waals surface area contributed by atoms with Gasteiger partial charge in [0.1, 0.15) is 5.76 Å². The summed E-state index contributed by atoms with van der Waals surface area (Å²) in [6.45, 7) is 1.46. The molecule has 0 bridgehead atoms. The van der Waals surface area contributed by atoms with E-state index >= 15 is 0 Å². The molecule has 2 heterocycles. The standard InChI is InChI=1S/C14H13N3O/c1-2-4-14-13(3-1)11(5-7-16-14)9-15-10-12-6-8-17-18-12/h1-8,15H,9-10H2. The predicted molar refractivity (Wildman–Crippen MR) is 68.8 cm³/mol. The lowest BCUT2D eigenvalue weighted by molar-refractivity contribution is 0.373. The van der Waals surface area contributed by atoms with Gasteiger partial charge in [0.05, 0.1) is 18.3 Å². The van der Waals surface area contributed by atoms with Crippen LogP contribution in [0.2, 0.25) is 0 Å². The summed E-state index contributed by atoms with van der Waals surface area (Å²) in [5, 5.41) is 8.19. The molecule has 0 aliphatic carbocycles. The van der Waals surface area contributed by atoms with Crippen LogP contribution in [0.4, 0.5) is 0 Å². The Balaban J connectivity index is 1.74. The third-order valence-electron chi connectivity index (χ3n) is 2.85. The first-order valence-electron chi connectivity index (χ1n) is 5.86. The topological polar surface area (TPSA) is 51.0 Å². The van der Waals surface area contributed by atoms with E-state index in [4.69, 9.17) is 4.52 Å². The highest BCUT2D eigenvalue weighted by atomic mass is 16.5. The van der Waals surface area contributed by atoms with E-state index in [0.717, 1.165) is 17.8 Å². The van der Waals surface area contributed by atoms with E-state index < -0.39 is 0 Å². The monoisotopic (exact) mass is 239 g/mol. The second kappa shape index (κ2) is 4.98. The van der Waals surface area contributed by atoms with Crippen LogP contribution in [0, 0.1) is 0 Å². The molecule has 18 heavy (non-hydrogen) atoms. The van der Waals surface area contributed by atoms with Gasteiger partial charge >= 0.3 is 0 Å². The summed E-state index contributed by atoms with van der Waals surface area (Å²) in [5.74, 6) is 0.841. The highest BCUT2D eigenvalue weighted by Gasteiger charge is 2.01. The fraction of sp³-hybridized carbons (Fsp3) is 0.143. The molecule has 1 aromatic carbocycles. The molecule has 1 N–H and O–H groups in total. The quantitative estimate of drug-likeness (QED) is 0.760. The van der Waals surface area contributed by atoms with Crippen LogP contribution in [0.3, 0.4) is 0 Å². The maximum Gasteiger partial charge on any atom is 0.150 e. The highest BCUT2D eigenvalue weighted by molar-refractivity contribution is 5.81. The largest absolute Gasteiger partial charge is 0.360 e. The average molecular weight is 239 g/mol. The van der Waals surface area contributed by atoms with Crippen LogP contribution in [0.25, 0.3) is 10.9 Å². The van der Waals surface area contributed by atoms with E-state index in [2.05, 4.69) is 21.5 Å².